The van der Waals surface area contributed by atoms with Gasteiger partial charge < -0.3 is 4.74 Å². The van der Waals surface area contributed by atoms with Crippen molar-refractivity contribution in [3.8, 4) is 5.75 Å². The number of hydrogen-bond donors (Lipinski definition) is 0. The number of benzene rings is 1. The average molecular weight is 333 g/mol. The summed E-state index contributed by atoms with van der Waals surface area (Å²) in [5, 5.41) is 0.543. The second-order valence-corrected chi connectivity index (χ2v) is 8.59. The van der Waals surface area contributed by atoms with Crippen molar-refractivity contribution in [3.05, 3.63) is 28.8 Å². The molecule has 4 fully saturated rings. The normalized spacial score (nSPS) is 34.6. The van der Waals surface area contributed by atoms with E-state index in [0.29, 0.717) is 28.2 Å². The third-order valence-corrected chi connectivity index (χ3v) is 6.85. The second-order valence-electron chi connectivity index (χ2n) is 8.19. The van der Waals surface area contributed by atoms with E-state index in [1.54, 1.807) is 25.3 Å². The van der Waals surface area contributed by atoms with Crippen LogP contribution in [0.1, 0.15) is 61.7 Å². The Morgan fingerprint density at radius 1 is 1.17 bits per heavy atom. The van der Waals surface area contributed by atoms with Gasteiger partial charge in [-0.15, -0.1) is 0 Å². The van der Waals surface area contributed by atoms with Crippen molar-refractivity contribution in [1.82, 2.24) is 0 Å². The molecule has 0 aliphatic heterocycles. The summed E-state index contributed by atoms with van der Waals surface area (Å²) in [7, 11) is 1.62. The van der Waals surface area contributed by atoms with E-state index in [2.05, 4.69) is 0 Å². The molecule has 4 saturated carbocycles. The Balaban J connectivity index is 1.46. The molecule has 4 aliphatic carbocycles. The SMILES string of the molecule is COc1ccc(Cl)c(C(=O)CCC23CC4CC(CC(C4)C2)C3)c1. The minimum atomic E-state index is 0.171. The van der Waals surface area contributed by atoms with Crippen molar-refractivity contribution >= 4 is 17.4 Å². The monoisotopic (exact) mass is 332 g/mol. The summed E-state index contributed by atoms with van der Waals surface area (Å²) in [6, 6.07) is 5.35. The Labute approximate surface area is 143 Å². The number of carbonyl (C=O) groups is 1. The van der Waals surface area contributed by atoms with Gasteiger partial charge in [-0.3, -0.25) is 4.79 Å². The molecular weight excluding hydrogens is 308 g/mol. The summed E-state index contributed by atoms with van der Waals surface area (Å²) >= 11 is 6.23. The number of hydrogen-bond acceptors (Lipinski definition) is 2. The fraction of sp³-hybridized carbons (Fsp3) is 0.650. The molecule has 0 saturated heterocycles. The largest absolute Gasteiger partial charge is 0.497 e. The molecule has 0 radical (unpaired) electrons. The van der Waals surface area contributed by atoms with Gasteiger partial charge in [0.1, 0.15) is 5.75 Å². The van der Waals surface area contributed by atoms with Gasteiger partial charge in [-0.25, -0.2) is 0 Å². The molecule has 0 aromatic heterocycles. The molecule has 0 amide bonds. The minimum Gasteiger partial charge on any atom is -0.497 e. The maximum absolute atomic E-state index is 12.7. The van der Waals surface area contributed by atoms with Crippen molar-refractivity contribution < 1.29 is 9.53 Å². The molecular formula is C20H25ClO2. The lowest BCUT2D eigenvalue weighted by atomic mass is 9.48. The van der Waals surface area contributed by atoms with Gasteiger partial charge in [0.15, 0.2) is 5.78 Å². The third-order valence-electron chi connectivity index (χ3n) is 6.52. The molecule has 0 heterocycles. The van der Waals surface area contributed by atoms with Crippen LogP contribution >= 0.6 is 11.6 Å². The van der Waals surface area contributed by atoms with Gasteiger partial charge in [0.05, 0.1) is 12.1 Å². The Bertz CT molecular complexity index is 587. The summed E-state index contributed by atoms with van der Waals surface area (Å²) < 4.78 is 5.23. The van der Waals surface area contributed by atoms with Gasteiger partial charge in [0, 0.05) is 12.0 Å². The highest BCUT2D eigenvalue weighted by atomic mass is 35.5. The topological polar surface area (TPSA) is 26.3 Å². The zero-order chi connectivity index (χ0) is 16.0. The molecule has 0 unspecified atom stereocenters. The van der Waals surface area contributed by atoms with Crippen LogP contribution in [0.15, 0.2) is 18.2 Å². The van der Waals surface area contributed by atoms with Crippen molar-refractivity contribution in [3.63, 3.8) is 0 Å². The summed E-state index contributed by atoms with van der Waals surface area (Å²) in [6.45, 7) is 0. The second kappa shape index (κ2) is 5.81. The van der Waals surface area contributed by atoms with Gasteiger partial charge in [-0.1, -0.05) is 11.6 Å². The average Bonchev–Trinajstić information content (AvgIpc) is 2.52. The van der Waals surface area contributed by atoms with Crippen molar-refractivity contribution in [1.29, 1.82) is 0 Å². The lowest BCUT2D eigenvalue weighted by molar-refractivity contribution is -0.0570. The number of halogens is 1. The van der Waals surface area contributed by atoms with Crippen LogP contribution in [0.5, 0.6) is 5.75 Å². The summed E-state index contributed by atoms with van der Waals surface area (Å²) in [4.78, 5) is 12.7. The number of Topliss-reactive ketones (excluding diaryl/α,β-unsaturated/α-hetero) is 1. The standard InChI is InChI=1S/C20H25ClO2/c1-23-16-2-3-18(21)17(9-16)19(22)4-5-20-10-13-6-14(11-20)8-15(7-13)12-20/h2-3,9,13-15H,4-8,10-12H2,1H3. The molecule has 124 valence electrons. The lowest BCUT2D eigenvalue weighted by Crippen LogP contribution is -2.46. The summed E-state index contributed by atoms with van der Waals surface area (Å²) in [5.41, 5.74) is 1.08. The first-order valence-corrected chi connectivity index (χ1v) is 9.31. The molecule has 0 N–H and O–H groups in total. The molecule has 23 heavy (non-hydrogen) atoms. The first-order chi connectivity index (χ1) is 11.1. The number of ketones is 1. The highest BCUT2D eigenvalue weighted by Gasteiger charge is 2.50. The maximum atomic E-state index is 12.7. The number of rotatable bonds is 5. The molecule has 1 aromatic carbocycles. The van der Waals surface area contributed by atoms with Crippen LogP contribution in [0.4, 0.5) is 0 Å². The first kappa shape index (κ1) is 15.5. The lowest BCUT2D eigenvalue weighted by Gasteiger charge is -2.57. The van der Waals surface area contributed by atoms with E-state index in [1.807, 2.05) is 0 Å². The Morgan fingerprint density at radius 3 is 2.35 bits per heavy atom. The minimum absolute atomic E-state index is 0.171. The van der Waals surface area contributed by atoms with E-state index in [9.17, 15) is 4.79 Å². The molecule has 0 spiro atoms. The van der Waals surface area contributed by atoms with Gasteiger partial charge in [0.25, 0.3) is 0 Å². The maximum Gasteiger partial charge on any atom is 0.164 e. The predicted octanol–water partition coefficient (Wildman–Crippen LogP) is 5.53. The van der Waals surface area contributed by atoms with E-state index >= 15 is 0 Å². The van der Waals surface area contributed by atoms with Gasteiger partial charge in [-0.05, 0) is 86.3 Å². The van der Waals surface area contributed by atoms with Gasteiger partial charge in [-0.2, -0.15) is 0 Å². The first-order valence-electron chi connectivity index (χ1n) is 8.94. The quantitative estimate of drug-likeness (QED) is 0.663. The van der Waals surface area contributed by atoms with E-state index < -0.39 is 0 Å². The van der Waals surface area contributed by atoms with Crippen LogP contribution in [0, 0.1) is 23.2 Å². The Hall–Kier alpha value is -1.02. The van der Waals surface area contributed by atoms with Gasteiger partial charge in [0.2, 0.25) is 0 Å². The molecule has 5 rings (SSSR count). The van der Waals surface area contributed by atoms with Crippen LogP contribution in [0.25, 0.3) is 0 Å². The smallest absolute Gasteiger partial charge is 0.164 e. The Kier molecular flexibility index (Phi) is 3.91. The van der Waals surface area contributed by atoms with E-state index in [4.69, 9.17) is 16.3 Å². The molecule has 2 nitrogen and oxygen atoms in total. The number of methoxy groups -OCH3 is 1. The molecule has 0 atom stereocenters. The van der Waals surface area contributed by atoms with Crippen LogP contribution in [-0.4, -0.2) is 12.9 Å². The van der Waals surface area contributed by atoms with E-state index in [1.165, 1.54) is 38.5 Å². The van der Waals surface area contributed by atoms with Crippen molar-refractivity contribution in [2.45, 2.75) is 51.4 Å². The van der Waals surface area contributed by atoms with Crippen molar-refractivity contribution in [2.75, 3.05) is 7.11 Å². The molecule has 4 bridgehead atoms. The van der Waals surface area contributed by atoms with Crippen LogP contribution < -0.4 is 4.74 Å². The Morgan fingerprint density at radius 2 is 1.78 bits per heavy atom. The van der Waals surface area contributed by atoms with Crippen molar-refractivity contribution in [2.24, 2.45) is 23.2 Å². The predicted molar refractivity (Wildman–Crippen MR) is 92.2 cm³/mol. The molecule has 4 aliphatic rings. The van der Waals surface area contributed by atoms with E-state index in [0.717, 1.165) is 24.2 Å². The third kappa shape index (κ3) is 2.91. The summed E-state index contributed by atoms with van der Waals surface area (Å²) in [6.07, 6.45) is 10.1. The highest BCUT2D eigenvalue weighted by Crippen LogP contribution is 2.61. The van der Waals surface area contributed by atoms with Crippen LogP contribution in [0.2, 0.25) is 5.02 Å². The highest BCUT2D eigenvalue weighted by molar-refractivity contribution is 6.34. The number of ether oxygens (including phenoxy) is 1. The fourth-order valence-corrected chi connectivity index (χ4v) is 6.18. The zero-order valence-electron chi connectivity index (χ0n) is 13.8. The van der Waals surface area contributed by atoms with Crippen LogP contribution in [-0.2, 0) is 0 Å². The molecule has 1 aromatic rings. The van der Waals surface area contributed by atoms with Gasteiger partial charge >= 0.3 is 0 Å². The molecule has 3 heteroatoms. The van der Waals surface area contributed by atoms with Crippen LogP contribution in [0.3, 0.4) is 0 Å². The van der Waals surface area contributed by atoms with E-state index in [-0.39, 0.29) is 5.78 Å². The number of carbonyl (C=O) groups excluding carboxylic acids is 1. The fourth-order valence-electron chi connectivity index (χ4n) is 5.95. The summed E-state index contributed by atoms with van der Waals surface area (Å²) in [5.74, 6) is 3.70. The zero-order valence-corrected chi connectivity index (χ0v) is 14.6.